The Labute approximate surface area is 91.9 Å². The van der Waals surface area contributed by atoms with Gasteiger partial charge >= 0.3 is 0 Å². The number of aromatic nitrogens is 2. The van der Waals surface area contributed by atoms with Crippen LogP contribution in [-0.2, 0) is 9.63 Å². The second-order valence-corrected chi connectivity index (χ2v) is 3.35. The number of carbonyl (C=O) groups excluding carboxylic acids is 1. The van der Waals surface area contributed by atoms with E-state index in [1.807, 2.05) is 19.9 Å². The number of rotatable bonds is 1. The van der Waals surface area contributed by atoms with E-state index in [-0.39, 0.29) is 24.4 Å². The van der Waals surface area contributed by atoms with Crippen LogP contribution in [0.5, 0.6) is 0 Å². The Hall–Kier alpha value is -2.02. The fraction of sp³-hybridized carbons (Fsp3) is 0.333. The normalized spacial score (nSPS) is 18.1. The molecule has 0 aliphatic carbocycles. The summed E-state index contributed by atoms with van der Waals surface area (Å²) in [5.41, 5.74) is 4.10. The third kappa shape index (κ3) is 2.51. The Bertz CT molecular complexity index is 437. The standard InChI is InChI=1S/C9H11N5O2/c1-5-3-6(2)11-8(10-5)13-9-12-7(15)4-16-14-9/h3H,4H2,1-2H3,(H2,10,11,12,13,14,15). The van der Waals surface area contributed by atoms with E-state index in [1.54, 1.807) is 0 Å². The first-order chi connectivity index (χ1) is 7.63. The van der Waals surface area contributed by atoms with Gasteiger partial charge in [-0.25, -0.2) is 15.4 Å². The van der Waals surface area contributed by atoms with Crippen LogP contribution in [0.25, 0.3) is 0 Å². The maximum Gasteiger partial charge on any atom is 0.255 e. The number of guanidine groups is 1. The monoisotopic (exact) mass is 221 g/mol. The van der Waals surface area contributed by atoms with Gasteiger partial charge in [0.15, 0.2) is 6.61 Å². The average molecular weight is 221 g/mol. The molecule has 1 amide bonds. The van der Waals surface area contributed by atoms with Crippen LogP contribution in [0.1, 0.15) is 11.4 Å². The molecule has 0 radical (unpaired) electrons. The lowest BCUT2D eigenvalue weighted by molar-refractivity contribution is -0.128. The Morgan fingerprint density at radius 2 is 2.06 bits per heavy atom. The van der Waals surface area contributed by atoms with Gasteiger partial charge in [-0.15, -0.1) is 0 Å². The van der Waals surface area contributed by atoms with Gasteiger partial charge in [0.1, 0.15) is 0 Å². The molecule has 2 N–H and O–H groups in total. The molecule has 7 nitrogen and oxygen atoms in total. The number of hydrogen-bond acceptors (Lipinski definition) is 5. The highest BCUT2D eigenvalue weighted by molar-refractivity contribution is 5.99. The molecule has 0 aromatic carbocycles. The number of aryl methyl sites for hydroxylation is 2. The number of nitrogens with zero attached hydrogens (tertiary/aromatic N) is 3. The van der Waals surface area contributed by atoms with E-state index in [0.29, 0.717) is 0 Å². The van der Waals surface area contributed by atoms with Crippen LogP contribution >= 0.6 is 0 Å². The molecule has 0 unspecified atom stereocenters. The first-order valence-corrected chi connectivity index (χ1v) is 4.72. The number of nitrogens with one attached hydrogen (secondary N) is 2. The lowest BCUT2D eigenvalue weighted by Gasteiger charge is -2.15. The summed E-state index contributed by atoms with van der Waals surface area (Å²) < 4.78 is 0. The van der Waals surface area contributed by atoms with Gasteiger partial charge in [-0.2, -0.15) is 4.99 Å². The Morgan fingerprint density at radius 3 is 2.69 bits per heavy atom. The van der Waals surface area contributed by atoms with Crippen LogP contribution in [0.4, 0.5) is 5.95 Å². The van der Waals surface area contributed by atoms with Gasteiger partial charge in [-0.1, -0.05) is 0 Å². The number of hydrogen-bond donors (Lipinski definition) is 2. The fourth-order valence-corrected chi connectivity index (χ4v) is 1.27. The van der Waals surface area contributed by atoms with Crippen molar-refractivity contribution in [1.82, 2.24) is 20.8 Å². The van der Waals surface area contributed by atoms with Crippen LogP contribution in [0.3, 0.4) is 0 Å². The number of carbonyl (C=O) groups is 1. The predicted octanol–water partition coefficient (Wildman–Crippen LogP) is -0.268. The van der Waals surface area contributed by atoms with Crippen molar-refractivity contribution in [3.8, 4) is 0 Å². The highest BCUT2D eigenvalue weighted by atomic mass is 16.7. The first-order valence-electron chi connectivity index (χ1n) is 4.72. The van der Waals surface area contributed by atoms with Crippen molar-refractivity contribution in [2.24, 2.45) is 4.99 Å². The highest BCUT2D eigenvalue weighted by Gasteiger charge is 2.13. The first kappa shape index (κ1) is 10.5. The van der Waals surface area contributed by atoms with Crippen LogP contribution in [0, 0.1) is 13.8 Å². The molecule has 0 bridgehead atoms. The predicted molar refractivity (Wildman–Crippen MR) is 55.8 cm³/mol. The molecule has 7 heteroatoms. The molecule has 84 valence electrons. The summed E-state index contributed by atoms with van der Waals surface area (Å²) in [6.07, 6.45) is 0. The minimum Gasteiger partial charge on any atom is -0.292 e. The molecule has 0 saturated carbocycles. The van der Waals surface area contributed by atoms with Crippen molar-refractivity contribution in [3.05, 3.63) is 17.5 Å². The number of hydroxylamine groups is 1. The van der Waals surface area contributed by atoms with Crippen LogP contribution in [-0.4, -0.2) is 28.4 Å². The van der Waals surface area contributed by atoms with Crippen molar-refractivity contribution in [2.45, 2.75) is 13.8 Å². The lowest BCUT2D eigenvalue weighted by Crippen LogP contribution is -2.49. The highest BCUT2D eigenvalue weighted by Crippen LogP contribution is 2.06. The average Bonchev–Trinajstić information content (AvgIpc) is 2.15. The Morgan fingerprint density at radius 1 is 1.38 bits per heavy atom. The zero-order valence-electron chi connectivity index (χ0n) is 8.94. The van der Waals surface area contributed by atoms with Crippen molar-refractivity contribution in [2.75, 3.05) is 6.61 Å². The van der Waals surface area contributed by atoms with E-state index in [9.17, 15) is 4.79 Å². The lowest BCUT2D eigenvalue weighted by atomic mass is 10.4. The van der Waals surface area contributed by atoms with Gasteiger partial charge in [0, 0.05) is 11.4 Å². The van der Waals surface area contributed by atoms with Gasteiger partial charge < -0.3 is 0 Å². The van der Waals surface area contributed by atoms with Gasteiger partial charge in [0.25, 0.3) is 11.9 Å². The summed E-state index contributed by atoms with van der Waals surface area (Å²) >= 11 is 0. The van der Waals surface area contributed by atoms with Crippen LogP contribution < -0.4 is 10.8 Å². The van der Waals surface area contributed by atoms with E-state index in [2.05, 4.69) is 25.8 Å². The Kier molecular flexibility index (Phi) is 2.78. The molecular formula is C9H11N5O2. The maximum absolute atomic E-state index is 11.0. The summed E-state index contributed by atoms with van der Waals surface area (Å²) in [4.78, 5) is 28.0. The van der Waals surface area contributed by atoms with E-state index in [1.165, 1.54) is 0 Å². The minimum atomic E-state index is -0.262. The smallest absolute Gasteiger partial charge is 0.255 e. The number of amides is 1. The van der Waals surface area contributed by atoms with Gasteiger partial charge in [-0.05, 0) is 19.9 Å². The summed E-state index contributed by atoms with van der Waals surface area (Å²) in [7, 11) is 0. The molecule has 0 spiro atoms. The molecule has 1 aromatic heterocycles. The zero-order chi connectivity index (χ0) is 11.5. The molecule has 2 heterocycles. The summed E-state index contributed by atoms with van der Waals surface area (Å²) in [6.45, 7) is 3.66. The molecule has 1 fully saturated rings. The molecule has 1 aromatic rings. The molecular weight excluding hydrogens is 210 g/mol. The summed E-state index contributed by atoms with van der Waals surface area (Å²) in [6, 6.07) is 1.84. The fourth-order valence-electron chi connectivity index (χ4n) is 1.27. The quantitative estimate of drug-likeness (QED) is 0.681. The molecule has 1 aliphatic heterocycles. The summed E-state index contributed by atoms with van der Waals surface area (Å²) in [5.74, 6) is 0.217. The molecule has 2 rings (SSSR count). The molecule has 1 aliphatic rings. The van der Waals surface area contributed by atoms with Gasteiger partial charge in [-0.3, -0.25) is 14.9 Å². The molecule has 0 atom stereocenters. The summed E-state index contributed by atoms with van der Waals surface area (Å²) in [5, 5.41) is 2.50. The largest absolute Gasteiger partial charge is 0.292 e. The molecule has 1 saturated heterocycles. The molecule has 16 heavy (non-hydrogen) atoms. The van der Waals surface area contributed by atoms with Crippen molar-refractivity contribution >= 4 is 17.8 Å². The second kappa shape index (κ2) is 4.23. The third-order valence-electron chi connectivity index (χ3n) is 1.81. The van der Waals surface area contributed by atoms with E-state index in [4.69, 9.17) is 4.84 Å². The second-order valence-electron chi connectivity index (χ2n) is 3.35. The van der Waals surface area contributed by atoms with E-state index < -0.39 is 0 Å². The number of aliphatic imine (C=N–C) groups is 1. The zero-order valence-corrected chi connectivity index (χ0v) is 8.94. The van der Waals surface area contributed by atoms with Crippen LogP contribution in [0.15, 0.2) is 11.1 Å². The van der Waals surface area contributed by atoms with Crippen molar-refractivity contribution < 1.29 is 9.63 Å². The topological polar surface area (TPSA) is 88.5 Å². The Balaban J connectivity index is 2.24. The van der Waals surface area contributed by atoms with E-state index in [0.717, 1.165) is 11.4 Å². The van der Waals surface area contributed by atoms with Gasteiger partial charge in [0.2, 0.25) is 5.96 Å². The maximum atomic E-state index is 11.0. The van der Waals surface area contributed by atoms with Crippen LogP contribution in [0.2, 0.25) is 0 Å². The third-order valence-corrected chi connectivity index (χ3v) is 1.81. The SMILES string of the molecule is Cc1cc(C)nc(/N=C2\NOCC(=O)N2)n1. The van der Waals surface area contributed by atoms with Gasteiger partial charge in [0.05, 0.1) is 0 Å². The minimum absolute atomic E-state index is 0.0350. The van der Waals surface area contributed by atoms with Crippen molar-refractivity contribution in [3.63, 3.8) is 0 Å². The van der Waals surface area contributed by atoms with Crippen molar-refractivity contribution in [1.29, 1.82) is 0 Å². The van der Waals surface area contributed by atoms with E-state index >= 15 is 0 Å².